The minimum Gasteiger partial charge on any atom is -0.481 e. The molecule has 2 aliphatic heterocycles. The van der Waals surface area contributed by atoms with Crippen LogP contribution in [0.2, 0.25) is 0 Å². The van der Waals surface area contributed by atoms with Crippen LogP contribution in [0.25, 0.3) is 10.8 Å². The number of Topliss-reactive ketones (excluding diaryl/α,β-unsaturated/α-hetero) is 1. The quantitative estimate of drug-likeness (QED) is 0.369. The second kappa shape index (κ2) is 12.9. The molecule has 1 fully saturated rings. The van der Waals surface area contributed by atoms with Crippen molar-refractivity contribution in [1.82, 2.24) is 5.32 Å². The van der Waals surface area contributed by atoms with E-state index < -0.39 is 29.7 Å². The van der Waals surface area contributed by atoms with Crippen LogP contribution in [0.3, 0.4) is 0 Å². The van der Waals surface area contributed by atoms with Gasteiger partial charge in [-0.1, -0.05) is 63.2 Å². The molecule has 0 bridgehead atoms. The van der Waals surface area contributed by atoms with Gasteiger partial charge in [0, 0.05) is 30.3 Å². The first kappa shape index (κ1) is 32.2. The number of halogens is 3. The lowest BCUT2D eigenvalue weighted by Crippen LogP contribution is -2.43. The molecule has 0 radical (unpaired) electrons. The number of carbonyl (C=O) groups excluding carboxylic acids is 2. The van der Waals surface area contributed by atoms with E-state index in [1.807, 2.05) is 63.2 Å². The van der Waals surface area contributed by atoms with Crippen molar-refractivity contribution >= 4 is 34.1 Å². The summed E-state index contributed by atoms with van der Waals surface area (Å²) in [6, 6.07) is 16.9. The molecular formula is C33H37F3N2O5. The number of ether oxygens (including phenoxy) is 1. The van der Waals surface area contributed by atoms with Gasteiger partial charge < -0.3 is 20.1 Å². The zero-order chi connectivity index (χ0) is 31.5. The molecule has 0 aromatic heterocycles. The zero-order valence-corrected chi connectivity index (χ0v) is 24.7. The molecule has 1 amide bonds. The van der Waals surface area contributed by atoms with Gasteiger partial charge in [0.15, 0.2) is 0 Å². The first-order valence-electron chi connectivity index (χ1n) is 14.2. The van der Waals surface area contributed by atoms with Crippen LogP contribution in [0.15, 0.2) is 60.7 Å². The Balaban J connectivity index is 0.000000296. The highest BCUT2D eigenvalue weighted by atomic mass is 19.4. The molecule has 3 aromatic carbocycles. The van der Waals surface area contributed by atoms with Crippen molar-refractivity contribution in [2.24, 2.45) is 17.3 Å². The molecule has 3 aromatic rings. The Morgan fingerprint density at radius 3 is 2.33 bits per heavy atom. The Kier molecular flexibility index (Phi) is 9.61. The third-order valence-corrected chi connectivity index (χ3v) is 7.66. The number of alkyl halides is 3. The number of carbonyl (C=O) groups is 3. The van der Waals surface area contributed by atoms with E-state index in [2.05, 4.69) is 5.32 Å². The maximum absolute atomic E-state index is 13.6. The van der Waals surface area contributed by atoms with Crippen LogP contribution in [-0.4, -0.2) is 49.0 Å². The van der Waals surface area contributed by atoms with Gasteiger partial charge in [-0.25, -0.2) is 0 Å². The number of hydrogen-bond acceptors (Lipinski definition) is 5. The highest BCUT2D eigenvalue weighted by Gasteiger charge is 2.37. The summed E-state index contributed by atoms with van der Waals surface area (Å²) in [7, 11) is 0. The van der Waals surface area contributed by atoms with Crippen LogP contribution in [-0.2, 0) is 25.3 Å². The third-order valence-electron chi connectivity index (χ3n) is 7.66. The van der Waals surface area contributed by atoms with Gasteiger partial charge in [0.1, 0.15) is 18.5 Å². The van der Waals surface area contributed by atoms with Gasteiger partial charge >= 0.3 is 12.1 Å². The molecule has 0 spiro atoms. The molecule has 5 rings (SSSR count). The first-order chi connectivity index (χ1) is 20.2. The number of amides is 1. The molecule has 2 N–H and O–H groups in total. The molecule has 2 aliphatic rings. The van der Waals surface area contributed by atoms with Gasteiger partial charge in [-0.3, -0.25) is 14.4 Å². The number of ketones is 1. The lowest BCUT2D eigenvalue weighted by molar-refractivity contribution is -0.147. The fourth-order valence-corrected chi connectivity index (χ4v) is 5.61. The molecule has 0 saturated carbocycles. The van der Waals surface area contributed by atoms with Crippen molar-refractivity contribution in [3.05, 3.63) is 77.4 Å². The lowest BCUT2D eigenvalue weighted by atomic mass is 9.84. The van der Waals surface area contributed by atoms with E-state index in [0.717, 1.165) is 28.5 Å². The molecule has 3 atom stereocenters. The summed E-state index contributed by atoms with van der Waals surface area (Å²) in [5, 5.41) is 13.6. The maximum atomic E-state index is 13.6. The van der Waals surface area contributed by atoms with Crippen molar-refractivity contribution < 1.29 is 37.4 Å². The highest BCUT2D eigenvalue weighted by Crippen LogP contribution is 2.42. The summed E-state index contributed by atoms with van der Waals surface area (Å²) in [6.45, 7) is 8.77. The van der Waals surface area contributed by atoms with Crippen LogP contribution < -0.4 is 10.2 Å². The Morgan fingerprint density at radius 2 is 1.70 bits per heavy atom. The normalized spacial score (nSPS) is 21.0. The van der Waals surface area contributed by atoms with Crippen molar-refractivity contribution in [3.8, 4) is 0 Å². The van der Waals surface area contributed by atoms with Crippen LogP contribution in [0, 0.1) is 17.3 Å². The number of aliphatic carboxylic acids is 1. The first-order valence-corrected chi connectivity index (χ1v) is 14.2. The van der Waals surface area contributed by atoms with Gasteiger partial charge in [-0.2, -0.15) is 13.2 Å². The second-order valence-corrected chi connectivity index (χ2v) is 12.2. The Morgan fingerprint density at radius 1 is 1.00 bits per heavy atom. The van der Waals surface area contributed by atoms with E-state index in [0.29, 0.717) is 37.3 Å². The molecule has 1 saturated heterocycles. The number of nitrogens with zero attached hydrogens (tertiary/aromatic N) is 1. The van der Waals surface area contributed by atoms with Crippen molar-refractivity contribution in [2.75, 3.05) is 31.1 Å². The number of piperidine rings is 1. The molecule has 230 valence electrons. The number of anilines is 1. The van der Waals surface area contributed by atoms with Crippen molar-refractivity contribution in [1.29, 1.82) is 0 Å². The number of nitrogens with one attached hydrogen (secondary N) is 1. The summed E-state index contributed by atoms with van der Waals surface area (Å²) in [6.07, 6.45) is -4.74. The SMILES string of the molecule is CC(=O)[C@H]1CNCC[C@@H]1C(=O)O.CC(C)(C)CN1C(=O)COC(c2cccc3ccccc23)c2cc(C(F)(F)F)ccc21. The van der Waals surface area contributed by atoms with E-state index >= 15 is 0 Å². The molecule has 43 heavy (non-hydrogen) atoms. The number of carboxylic acid groups (broad SMARTS) is 1. The number of rotatable bonds is 4. The molecule has 1 unspecified atom stereocenters. The van der Waals surface area contributed by atoms with E-state index in [1.165, 1.54) is 13.0 Å². The molecule has 0 aliphatic carbocycles. The van der Waals surface area contributed by atoms with E-state index in [4.69, 9.17) is 9.84 Å². The summed E-state index contributed by atoms with van der Waals surface area (Å²) in [5.41, 5.74) is 0.549. The standard InChI is InChI=1S/C25H24F3NO2.C8H13NO3/c1-24(2,3)15-29-21-12-11-17(25(26,27)28)13-20(21)23(31-14-22(29)30)19-10-6-8-16-7-4-5-9-18(16)19;1-5(10)7-4-9-3-2-6(7)8(11)12/h4-13,23H,14-15H2,1-3H3;6-7,9H,2-4H2,1H3,(H,11,12)/t;6-,7+/m.0/s1. The summed E-state index contributed by atoms with van der Waals surface area (Å²) in [5.74, 6) is -1.97. The Bertz CT molecular complexity index is 1470. The summed E-state index contributed by atoms with van der Waals surface area (Å²) < 4.78 is 46.7. The van der Waals surface area contributed by atoms with Crippen LogP contribution in [0.1, 0.15) is 56.9 Å². The topological polar surface area (TPSA) is 95.9 Å². The largest absolute Gasteiger partial charge is 0.481 e. The van der Waals surface area contributed by atoms with Crippen molar-refractivity contribution in [2.45, 2.75) is 46.4 Å². The molecule has 7 nitrogen and oxygen atoms in total. The Hall–Kier alpha value is -3.76. The monoisotopic (exact) mass is 598 g/mol. The predicted molar refractivity (Wildman–Crippen MR) is 158 cm³/mol. The third kappa shape index (κ3) is 7.61. The fourth-order valence-electron chi connectivity index (χ4n) is 5.61. The van der Waals surface area contributed by atoms with Gasteiger partial charge in [-0.05, 0) is 59.8 Å². The second-order valence-electron chi connectivity index (χ2n) is 12.2. The number of fused-ring (bicyclic) bond motifs is 2. The van der Waals surface area contributed by atoms with E-state index in [1.54, 1.807) is 4.90 Å². The van der Waals surface area contributed by atoms with Crippen LogP contribution in [0.4, 0.5) is 18.9 Å². The fraction of sp³-hybridized carbons (Fsp3) is 0.424. The van der Waals surface area contributed by atoms with Crippen molar-refractivity contribution in [3.63, 3.8) is 0 Å². The number of carboxylic acids is 1. The maximum Gasteiger partial charge on any atom is 0.416 e. The lowest BCUT2D eigenvalue weighted by Gasteiger charge is -2.30. The van der Waals surface area contributed by atoms with E-state index in [-0.39, 0.29) is 29.6 Å². The van der Waals surface area contributed by atoms with Crippen LogP contribution >= 0.6 is 0 Å². The smallest absolute Gasteiger partial charge is 0.416 e. The minimum absolute atomic E-state index is 0.0328. The van der Waals surface area contributed by atoms with Gasteiger partial charge in [0.05, 0.1) is 11.5 Å². The average Bonchev–Trinajstić information content (AvgIpc) is 3.07. The van der Waals surface area contributed by atoms with Gasteiger partial charge in [-0.15, -0.1) is 0 Å². The highest BCUT2D eigenvalue weighted by molar-refractivity contribution is 5.96. The summed E-state index contributed by atoms with van der Waals surface area (Å²) in [4.78, 5) is 36.2. The number of hydrogen-bond donors (Lipinski definition) is 2. The molecule has 10 heteroatoms. The summed E-state index contributed by atoms with van der Waals surface area (Å²) >= 11 is 0. The number of benzene rings is 3. The van der Waals surface area contributed by atoms with Crippen LogP contribution in [0.5, 0.6) is 0 Å². The Labute approximate surface area is 249 Å². The van der Waals surface area contributed by atoms with Gasteiger partial charge in [0.2, 0.25) is 0 Å². The minimum atomic E-state index is -4.50. The average molecular weight is 599 g/mol. The molecular weight excluding hydrogens is 561 g/mol. The zero-order valence-electron chi connectivity index (χ0n) is 24.7. The van der Waals surface area contributed by atoms with E-state index in [9.17, 15) is 27.6 Å². The molecule has 2 heterocycles. The predicted octanol–water partition coefficient (Wildman–Crippen LogP) is 6.24. The van der Waals surface area contributed by atoms with Gasteiger partial charge in [0.25, 0.3) is 5.91 Å².